The Balaban J connectivity index is 5.17. The molecule has 0 aliphatic rings. The highest BCUT2D eigenvalue weighted by Crippen LogP contribution is 2.45. The van der Waals surface area contributed by atoms with Crippen molar-refractivity contribution in [2.45, 2.75) is 356 Å². The Morgan fingerprint density at radius 2 is 0.586 bits per heavy atom. The van der Waals surface area contributed by atoms with Crippen molar-refractivity contribution in [2.24, 2.45) is 17.8 Å². The molecule has 6 atom stereocenters. The summed E-state index contributed by atoms with van der Waals surface area (Å²) in [6, 6.07) is 0. The first-order valence-electron chi connectivity index (χ1n) is 35.4. The lowest BCUT2D eigenvalue weighted by Crippen LogP contribution is -2.30. The Hall–Kier alpha value is -1.94. The quantitative estimate of drug-likeness (QED) is 0.0222. The number of aliphatic hydroxyl groups excluding tert-OH is 1. The zero-order chi connectivity index (χ0) is 64.5. The van der Waals surface area contributed by atoms with Gasteiger partial charge in [-0.05, 0) is 43.4 Å². The van der Waals surface area contributed by atoms with Crippen LogP contribution in [0.2, 0.25) is 0 Å². The van der Waals surface area contributed by atoms with Gasteiger partial charge in [-0.25, -0.2) is 9.13 Å². The van der Waals surface area contributed by atoms with Gasteiger partial charge in [-0.3, -0.25) is 37.3 Å². The highest BCUT2D eigenvalue weighted by atomic mass is 31.2. The van der Waals surface area contributed by atoms with Crippen LogP contribution < -0.4 is 0 Å². The molecular weight excluding hydrogens is 1150 g/mol. The summed E-state index contributed by atoms with van der Waals surface area (Å²) in [4.78, 5) is 72.2. The summed E-state index contributed by atoms with van der Waals surface area (Å²) in [6.45, 7) is 11.8. The first-order valence-corrected chi connectivity index (χ1v) is 38.4. The van der Waals surface area contributed by atoms with Crippen LogP contribution in [0, 0.1) is 17.8 Å². The molecule has 0 saturated carbocycles. The van der Waals surface area contributed by atoms with Crippen LogP contribution in [-0.2, 0) is 65.4 Å². The highest BCUT2D eigenvalue weighted by molar-refractivity contribution is 7.47. The van der Waals surface area contributed by atoms with Crippen LogP contribution >= 0.6 is 15.6 Å². The molecule has 0 rings (SSSR count). The normalized spacial score (nSPS) is 14.6. The van der Waals surface area contributed by atoms with Crippen LogP contribution in [0.4, 0.5) is 0 Å². The lowest BCUT2D eigenvalue weighted by molar-refractivity contribution is -0.161. The first kappa shape index (κ1) is 85.1. The molecule has 0 bridgehead atoms. The predicted octanol–water partition coefficient (Wildman–Crippen LogP) is 19.1. The van der Waals surface area contributed by atoms with Crippen molar-refractivity contribution < 1.29 is 80.2 Å². The molecule has 0 amide bonds. The summed E-state index contributed by atoms with van der Waals surface area (Å²) in [5, 5.41) is 10.5. The summed E-state index contributed by atoms with van der Waals surface area (Å²) in [6.07, 6.45) is 41.9. The number of phosphoric acid groups is 2. The Morgan fingerprint density at radius 1 is 0.333 bits per heavy atom. The van der Waals surface area contributed by atoms with Gasteiger partial charge in [0.25, 0.3) is 0 Å². The number of hydrogen-bond acceptors (Lipinski definition) is 15. The summed E-state index contributed by atoms with van der Waals surface area (Å²) < 4.78 is 68.0. The monoisotopic (exact) mass is 1280 g/mol. The fourth-order valence-corrected chi connectivity index (χ4v) is 11.7. The number of esters is 4. The van der Waals surface area contributed by atoms with Crippen molar-refractivity contribution in [3.8, 4) is 0 Å². The molecule has 0 radical (unpaired) electrons. The van der Waals surface area contributed by atoms with Crippen LogP contribution in [0.1, 0.15) is 337 Å². The first-order chi connectivity index (χ1) is 41.8. The maximum Gasteiger partial charge on any atom is 0.472 e. The van der Waals surface area contributed by atoms with E-state index in [4.69, 9.17) is 37.0 Å². The van der Waals surface area contributed by atoms with Gasteiger partial charge in [0.05, 0.1) is 26.4 Å². The Morgan fingerprint density at radius 3 is 0.874 bits per heavy atom. The average molecular weight is 1280 g/mol. The number of phosphoric ester groups is 2. The lowest BCUT2D eigenvalue weighted by atomic mass is 9.99. The van der Waals surface area contributed by atoms with Crippen molar-refractivity contribution >= 4 is 39.5 Å². The van der Waals surface area contributed by atoms with Crippen LogP contribution in [0.15, 0.2) is 0 Å². The van der Waals surface area contributed by atoms with Crippen LogP contribution in [-0.4, -0.2) is 96.7 Å². The molecule has 0 aromatic carbocycles. The maximum atomic E-state index is 13.0. The Labute approximate surface area is 530 Å². The third-order valence-corrected chi connectivity index (χ3v) is 17.9. The molecule has 0 aromatic rings. The number of aliphatic hydroxyl groups is 1. The van der Waals surface area contributed by atoms with Gasteiger partial charge in [0.2, 0.25) is 0 Å². The van der Waals surface area contributed by atoms with E-state index in [1.165, 1.54) is 141 Å². The van der Waals surface area contributed by atoms with Gasteiger partial charge in [-0.1, -0.05) is 286 Å². The molecule has 516 valence electrons. The van der Waals surface area contributed by atoms with E-state index >= 15 is 0 Å². The van der Waals surface area contributed by atoms with E-state index in [0.717, 1.165) is 114 Å². The minimum atomic E-state index is -4.95. The largest absolute Gasteiger partial charge is 0.472 e. The van der Waals surface area contributed by atoms with E-state index in [1.54, 1.807) is 0 Å². The van der Waals surface area contributed by atoms with Crippen LogP contribution in [0.5, 0.6) is 0 Å². The average Bonchev–Trinajstić information content (AvgIpc) is 3.56. The fraction of sp³-hybridized carbons (Fsp3) is 0.941. The third kappa shape index (κ3) is 61.3. The SMILES string of the molecule is CCCCCCCC(=O)OC[C@H](COP(=O)(O)OC[C@H](O)COP(=O)(O)OC[C@@H](COC(=O)CCCCCCCCCCCCCC(C)C)OC(=O)CCCCCCCCCCCCCC(C)C)OC(=O)CCCCCCCCCCCCC(C)CC. The number of carbonyl (C=O) groups is 4. The molecule has 3 N–H and O–H groups in total. The smallest absolute Gasteiger partial charge is 0.462 e. The van der Waals surface area contributed by atoms with Crippen molar-refractivity contribution in [1.29, 1.82) is 0 Å². The van der Waals surface area contributed by atoms with Gasteiger partial charge in [-0.2, -0.15) is 0 Å². The zero-order valence-corrected chi connectivity index (χ0v) is 58.3. The third-order valence-electron chi connectivity index (χ3n) is 16.0. The number of rotatable bonds is 66. The van der Waals surface area contributed by atoms with E-state index in [1.807, 2.05) is 0 Å². The Kier molecular flexibility index (Phi) is 57.8. The molecule has 0 fully saturated rings. The fourth-order valence-electron chi connectivity index (χ4n) is 10.2. The number of carbonyl (C=O) groups excluding carboxylic acids is 4. The van der Waals surface area contributed by atoms with E-state index < -0.39 is 97.5 Å². The standard InChI is InChI=1S/C68H132O17P2/c1-8-10-11-32-42-49-65(70)78-55-63(84-67(72)52-45-38-31-25-19-18-22-28-35-41-48-61(7)9-2)57-82-86(74,75)80-53-62(69)54-81-87(76,77)83-58-64(85-68(73)51-44-37-30-24-17-13-15-21-27-34-40-47-60(5)6)56-79-66(71)50-43-36-29-23-16-12-14-20-26-33-39-46-59(3)4/h59-64,69H,8-58H2,1-7H3,(H,74,75)(H,76,77)/t61?,62-,63+,64+/m0/s1. The van der Waals surface area contributed by atoms with Crippen LogP contribution in [0.25, 0.3) is 0 Å². The number of unbranched alkanes of at least 4 members (excludes halogenated alkanes) is 33. The predicted molar refractivity (Wildman–Crippen MR) is 349 cm³/mol. The van der Waals surface area contributed by atoms with Crippen molar-refractivity contribution in [2.75, 3.05) is 39.6 Å². The molecule has 3 unspecified atom stereocenters. The molecular formula is C68H132O17P2. The number of ether oxygens (including phenoxy) is 4. The highest BCUT2D eigenvalue weighted by Gasteiger charge is 2.30. The van der Waals surface area contributed by atoms with E-state index in [0.29, 0.717) is 25.7 Å². The maximum absolute atomic E-state index is 13.0. The van der Waals surface area contributed by atoms with E-state index in [9.17, 15) is 43.2 Å². The molecule has 0 aromatic heterocycles. The molecule has 0 saturated heterocycles. The summed E-state index contributed by atoms with van der Waals surface area (Å²) >= 11 is 0. The van der Waals surface area contributed by atoms with Gasteiger partial charge < -0.3 is 33.8 Å². The van der Waals surface area contributed by atoms with Crippen LogP contribution in [0.3, 0.4) is 0 Å². The second kappa shape index (κ2) is 59.1. The van der Waals surface area contributed by atoms with Gasteiger partial charge >= 0.3 is 39.5 Å². The van der Waals surface area contributed by atoms with Crippen molar-refractivity contribution in [1.82, 2.24) is 0 Å². The molecule has 0 spiro atoms. The zero-order valence-electron chi connectivity index (χ0n) is 56.5. The van der Waals surface area contributed by atoms with Gasteiger partial charge in [0.1, 0.15) is 19.3 Å². The minimum Gasteiger partial charge on any atom is -0.462 e. The topological polar surface area (TPSA) is 237 Å². The summed E-state index contributed by atoms with van der Waals surface area (Å²) in [7, 11) is -9.89. The minimum absolute atomic E-state index is 0.105. The van der Waals surface area contributed by atoms with Gasteiger partial charge in [0.15, 0.2) is 12.2 Å². The molecule has 0 heterocycles. The van der Waals surface area contributed by atoms with E-state index in [2.05, 4.69) is 48.5 Å². The molecule has 17 nitrogen and oxygen atoms in total. The van der Waals surface area contributed by atoms with Crippen molar-refractivity contribution in [3.63, 3.8) is 0 Å². The molecule has 0 aliphatic carbocycles. The molecule has 0 aliphatic heterocycles. The van der Waals surface area contributed by atoms with Gasteiger partial charge in [-0.15, -0.1) is 0 Å². The number of hydrogen-bond donors (Lipinski definition) is 3. The van der Waals surface area contributed by atoms with E-state index in [-0.39, 0.29) is 25.7 Å². The molecule has 87 heavy (non-hydrogen) atoms. The summed E-state index contributed by atoms with van der Waals surface area (Å²) in [5.41, 5.74) is 0. The van der Waals surface area contributed by atoms with Gasteiger partial charge in [0, 0.05) is 25.7 Å². The van der Waals surface area contributed by atoms with Crippen molar-refractivity contribution in [3.05, 3.63) is 0 Å². The molecule has 19 heteroatoms. The second-order valence-corrected chi connectivity index (χ2v) is 28.7. The lowest BCUT2D eigenvalue weighted by Gasteiger charge is -2.21. The Bertz CT molecular complexity index is 1720. The second-order valence-electron chi connectivity index (χ2n) is 25.8. The summed E-state index contributed by atoms with van der Waals surface area (Å²) in [5.74, 6) is 0.200.